The van der Waals surface area contributed by atoms with Gasteiger partial charge in [0.15, 0.2) is 6.61 Å². The molecular weight excluding hydrogens is 374 g/mol. The Balaban J connectivity index is 1.63. The number of carbonyl (C=O) groups excluding carboxylic acids is 2. The van der Waals surface area contributed by atoms with Crippen LogP contribution in [0.15, 0.2) is 84.9 Å². The van der Waals surface area contributed by atoms with Gasteiger partial charge in [-0.3, -0.25) is 9.59 Å². The Bertz CT molecular complexity index is 912. The molecule has 0 aliphatic carbocycles. The van der Waals surface area contributed by atoms with Gasteiger partial charge in [-0.2, -0.15) is 0 Å². The number of ether oxygens (including phenoxy) is 1. The van der Waals surface area contributed by atoms with Crippen molar-refractivity contribution in [3.63, 3.8) is 0 Å². The molecule has 3 rings (SSSR count). The number of carbonyl (C=O) groups is 2. The summed E-state index contributed by atoms with van der Waals surface area (Å²) in [6.45, 7) is -0.331. The van der Waals surface area contributed by atoms with Crippen LogP contribution in [0.1, 0.15) is 22.7 Å². The molecule has 28 heavy (non-hydrogen) atoms. The zero-order valence-corrected chi connectivity index (χ0v) is 15.9. The van der Waals surface area contributed by atoms with E-state index >= 15 is 0 Å². The molecule has 0 saturated carbocycles. The highest BCUT2D eigenvalue weighted by atomic mass is 35.5. The first-order valence-electron chi connectivity index (χ1n) is 8.91. The van der Waals surface area contributed by atoms with Gasteiger partial charge in [0, 0.05) is 5.02 Å². The Kier molecular flexibility index (Phi) is 6.82. The second-order valence-corrected chi connectivity index (χ2v) is 6.72. The summed E-state index contributed by atoms with van der Waals surface area (Å²) < 4.78 is 5.13. The summed E-state index contributed by atoms with van der Waals surface area (Å²) in [4.78, 5) is 24.4. The Morgan fingerprint density at radius 2 is 1.39 bits per heavy atom. The molecular formula is C23H20ClNO3. The summed E-state index contributed by atoms with van der Waals surface area (Å²) in [6, 6.07) is 25.8. The van der Waals surface area contributed by atoms with Crippen LogP contribution in [0.2, 0.25) is 5.02 Å². The number of amides is 1. The van der Waals surface area contributed by atoms with Crippen molar-refractivity contribution in [1.29, 1.82) is 0 Å². The SMILES string of the molecule is O=C(COC(=O)Cc1ccccc1)NC(c1ccccc1)c1ccc(Cl)cc1. The van der Waals surface area contributed by atoms with E-state index in [4.69, 9.17) is 16.3 Å². The van der Waals surface area contributed by atoms with Crippen molar-refractivity contribution in [3.8, 4) is 0 Å². The number of hydrogen-bond donors (Lipinski definition) is 1. The molecule has 0 fully saturated rings. The zero-order chi connectivity index (χ0) is 19.8. The van der Waals surface area contributed by atoms with Gasteiger partial charge in [0.25, 0.3) is 5.91 Å². The Morgan fingerprint density at radius 3 is 2.04 bits per heavy atom. The molecule has 3 aromatic rings. The minimum Gasteiger partial charge on any atom is -0.455 e. The van der Waals surface area contributed by atoms with Crippen molar-refractivity contribution in [3.05, 3.63) is 107 Å². The minimum absolute atomic E-state index is 0.132. The largest absolute Gasteiger partial charge is 0.455 e. The number of halogens is 1. The summed E-state index contributed by atoms with van der Waals surface area (Å²) in [5.41, 5.74) is 2.66. The molecule has 0 radical (unpaired) electrons. The lowest BCUT2D eigenvalue weighted by molar-refractivity contribution is -0.148. The van der Waals surface area contributed by atoms with Gasteiger partial charge in [-0.15, -0.1) is 0 Å². The summed E-state index contributed by atoms with van der Waals surface area (Å²) in [7, 11) is 0. The quantitative estimate of drug-likeness (QED) is 0.608. The van der Waals surface area contributed by atoms with Crippen LogP contribution >= 0.6 is 11.6 Å². The van der Waals surface area contributed by atoms with E-state index in [0.717, 1.165) is 16.7 Å². The van der Waals surface area contributed by atoms with Gasteiger partial charge in [-0.1, -0.05) is 84.4 Å². The number of benzene rings is 3. The Hall–Kier alpha value is -3.11. The van der Waals surface area contributed by atoms with Crippen LogP contribution in [0.3, 0.4) is 0 Å². The third-order valence-electron chi connectivity index (χ3n) is 4.20. The average molecular weight is 394 g/mol. The standard InChI is InChI=1S/C23H20ClNO3/c24-20-13-11-19(12-14-20)23(18-9-5-2-6-10-18)25-21(26)16-28-22(27)15-17-7-3-1-4-8-17/h1-14,23H,15-16H2,(H,25,26). The molecule has 1 N–H and O–H groups in total. The molecule has 4 nitrogen and oxygen atoms in total. The van der Waals surface area contributed by atoms with Gasteiger partial charge < -0.3 is 10.1 Å². The Morgan fingerprint density at radius 1 is 0.821 bits per heavy atom. The maximum atomic E-state index is 12.4. The predicted molar refractivity (Wildman–Crippen MR) is 109 cm³/mol. The van der Waals surface area contributed by atoms with Crippen LogP contribution in [-0.4, -0.2) is 18.5 Å². The smallest absolute Gasteiger partial charge is 0.310 e. The lowest BCUT2D eigenvalue weighted by Gasteiger charge is -2.20. The van der Waals surface area contributed by atoms with Crippen LogP contribution in [0.4, 0.5) is 0 Å². The molecule has 0 spiro atoms. The fraction of sp³-hybridized carbons (Fsp3) is 0.130. The summed E-state index contributed by atoms with van der Waals surface area (Å²) in [5.74, 6) is -0.811. The first-order chi connectivity index (χ1) is 13.6. The molecule has 0 saturated heterocycles. The molecule has 0 heterocycles. The molecule has 1 unspecified atom stereocenters. The van der Waals surface area contributed by atoms with E-state index in [1.54, 1.807) is 12.1 Å². The molecule has 3 aromatic carbocycles. The average Bonchev–Trinajstić information content (AvgIpc) is 2.73. The third-order valence-corrected chi connectivity index (χ3v) is 4.45. The van der Waals surface area contributed by atoms with Crippen molar-refractivity contribution < 1.29 is 14.3 Å². The number of rotatable bonds is 7. The highest BCUT2D eigenvalue weighted by Gasteiger charge is 2.18. The monoisotopic (exact) mass is 393 g/mol. The van der Waals surface area contributed by atoms with Crippen LogP contribution in [0.25, 0.3) is 0 Å². The maximum absolute atomic E-state index is 12.4. The highest BCUT2D eigenvalue weighted by molar-refractivity contribution is 6.30. The van der Waals surface area contributed by atoms with Gasteiger partial charge >= 0.3 is 5.97 Å². The first-order valence-corrected chi connectivity index (χ1v) is 9.29. The lowest BCUT2D eigenvalue weighted by Crippen LogP contribution is -2.33. The van der Waals surface area contributed by atoms with Gasteiger partial charge in [0.2, 0.25) is 0 Å². The van der Waals surface area contributed by atoms with E-state index in [1.165, 1.54) is 0 Å². The molecule has 1 atom stereocenters. The van der Waals surface area contributed by atoms with E-state index in [1.807, 2.05) is 72.8 Å². The van der Waals surface area contributed by atoms with E-state index < -0.39 is 5.97 Å². The second-order valence-electron chi connectivity index (χ2n) is 6.29. The number of hydrogen-bond acceptors (Lipinski definition) is 3. The van der Waals surface area contributed by atoms with Gasteiger partial charge in [0.05, 0.1) is 12.5 Å². The van der Waals surface area contributed by atoms with Crippen molar-refractivity contribution in [2.24, 2.45) is 0 Å². The molecule has 0 bridgehead atoms. The van der Waals surface area contributed by atoms with E-state index in [-0.39, 0.29) is 25.0 Å². The van der Waals surface area contributed by atoms with Crippen LogP contribution in [0.5, 0.6) is 0 Å². The van der Waals surface area contributed by atoms with E-state index in [0.29, 0.717) is 5.02 Å². The molecule has 0 aromatic heterocycles. The van der Waals surface area contributed by atoms with E-state index in [9.17, 15) is 9.59 Å². The first kappa shape index (κ1) is 19.6. The van der Waals surface area contributed by atoms with Crippen molar-refractivity contribution in [1.82, 2.24) is 5.32 Å². The van der Waals surface area contributed by atoms with Crippen molar-refractivity contribution in [2.75, 3.05) is 6.61 Å². The number of nitrogens with one attached hydrogen (secondary N) is 1. The maximum Gasteiger partial charge on any atom is 0.310 e. The van der Waals surface area contributed by atoms with Gasteiger partial charge in [0.1, 0.15) is 0 Å². The minimum atomic E-state index is -0.441. The molecule has 1 amide bonds. The summed E-state index contributed by atoms with van der Waals surface area (Å²) >= 11 is 5.97. The molecule has 0 aliphatic rings. The molecule has 5 heteroatoms. The van der Waals surface area contributed by atoms with Gasteiger partial charge in [-0.05, 0) is 28.8 Å². The van der Waals surface area contributed by atoms with Crippen LogP contribution in [-0.2, 0) is 20.7 Å². The van der Waals surface area contributed by atoms with Crippen molar-refractivity contribution >= 4 is 23.5 Å². The topological polar surface area (TPSA) is 55.4 Å². The third kappa shape index (κ3) is 5.69. The van der Waals surface area contributed by atoms with Gasteiger partial charge in [-0.25, -0.2) is 0 Å². The van der Waals surface area contributed by atoms with E-state index in [2.05, 4.69) is 5.32 Å². The zero-order valence-electron chi connectivity index (χ0n) is 15.2. The molecule has 142 valence electrons. The Labute approximate surface area is 169 Å². The van der Waals surface area contributed by atoms with Crippen molar-refractivity contribution in [2.45, 2.75) is 12.5 Å². The summed E-state index contributed by atoms with van der Waals surface area (Å²) in [6.07, 6.45) is 0.132. The fourth-order valence-corrected chi connectivity index (χ4v) is 2.95. The number of esters is 1. The normalized spacial score (nSPS) is 11.5. The summed E-state index contributed by atoms with van der Waals surface area (Å²) in [5, 5.41) is 3.55. The highest BCUT2D eigenvalue weighted by Crippen LogP contribution is 2.23. The predicted octanol–water partition coefficient (Wildman–Crippen LogP) is 4.33. The van der Waals surface area contributed by atoms with Crippen LogP contribution < -0.4 is 5.32 Å². The van der Waals surface area contributed by atoms with Crippen LogP contribution in [0, 0.1) is 0 Å². The lowest BCUT2D eigenvalue weighted by atomic mass is 9.99. The fourth-order valence-electron chi connectivity index (χ4n) is 2.82. The molecule has 0 aliphatic heterocycles. The second kappa shape index (κ2) is 9.72.